The van der Waals surface area contributed by atoms with Crippen LogP contribution >= 0.6 is 11.6 Å². The summed E-state index contributed by atoms with van der Waals surface area (Å²) >= 11 is 6.23. The van der Waals surface area contributed by atoms with E-state index in [1.807, 2.05) is 30.6 Å². The number of fused-ring (bicyclic) bond motifs is 2. The molecule has 1 aromatic heterocycles. The second-order valence-corrected chi connectivity index (χ2v) is 8.92. The molecule has 2 bridgehead atoms. The van der Waals surface area contributed by atoms with Crippen LogP contribution in [0.25, 0.3) is 0 Å². The second-order valence-electron chi connectivity index (χ2n) is 8.53. The topological polar surface area (TPSA) is 58.1 Å². The van der Waals surface area contributed by atoms with Gasteiger partial charge in [0.15, 0.2) is 11.6 Å². The lowest BCUT2D eigenvalue weighted by atomic mass is 10.2. The molecule has 0 spiro atoms. The van der Waals surface area contributed by atoms with Gasteiger partial charge in [-0.2, -0.15) is 0 Å². The molecular formula is C19H26ClFN4O3. The maximum absolute atomic E-state index is 15.3. The average molecular weight is 413 g/mol. The van der Waals surface area contributed by atoms with Crippen LogP contribution in [0.15, 0.2) is 6.07 Å². The highest BCUT2D eigenvalue weighted by Crippen LogP contribution is 2.39. The molecule has 154 valence electrons. The fraction of sp³-hybridized carbons (Fsp3) is 0.684. The molecule has 2 unspecified atom stereocenters. The van der Waals surface area contributed by atoms with Crippen molar-refractivity contribution >= 4 is 29.2 Å². The molecule has 1 aromatic rings. The number of amides is 1. The number of nitrogens with zero attached hydrogens (tertiary/aromatic N) is 4. The standard InChI is InChI=1S/C19H26ClFN4O3/c1-19(2,3)28-18(26)25-11-12-8-13(25)10-24(12)14-9-15(20)22-17(16(14)21)23-4-6-27-7-5-23/h9,12-13H,4-8,10-11H2,1-3H3. The predicted molar refractivity (Wildman–Crippen MR) is 105 cm³/mol. The Morgan fingerprint density at radius 3 is 2.61 bits per heavy atom. The number of aromatic nitrogens is 1. The van der Waals surface area contributed by atoms with E-state index in [4.69, 9.17) is 21.1 Å². The minimum absolute atomic E-state index is 0.0121. The lowest BCUT2D eigenvalue weighted by molar-refractivity contribution is 0.0214. The zero-order chi connectivity index (χ0) is 20.1. The van der Waals surface area contributed by atoms with Gasteiger partial charge in [-0.25, -0.2) is 14.2 Å². The second kappa shape index (κ2) is 7.22. The number of carbonyl (C=O) groups excluding carboxylic acids is 1. The molecule has 1 amide bonds. The summed E-state index contributed by atoms with van der Waals surface area (Å²) in [6.45, 7) is 8.90. The highest BCUT2D eigenvalue weighted by molar-refractivity contribution is 6.29. The molecule has 0 aliphatic carbocycles. The first-order valence-electron chi connectivity index (χ1n) is 9.68. The smallest absolute Gasteiger partial charge is 0.410 e. The zero-order valence-electron chi connectivity index (χ0n) is 16.5. The molecular weight excluding hydrogens is 387 g/mol. The Morgan fingerprint density at radius 1 is 1.29 bits per heavy atom. The normalized spacial score (nSPS) is 24.8. The van der Waals surface area contributed by atoms with Crippen molar-refractivity contribution in [1.29, 1.82) is 0 Å². The number of ether oxygens (including phenoxy) is 2. The molecule has 9 heteroatoms. The van der Waals surface area contributed by atoms with Crippen LogP contribution in [-0.4, -0.2) is 73.1 Å². The molecule has 0 radical (unpaired) electrons. The molecule has 3 saturated heterocycles. The fourth-order valence-corrected chi connectivity index (χ4v) is 4.36. The Hall–Kier alpha value is -1.80. The maximum Gasteiger partial charge on any atom is 0.410 e. The Balaban J connectivity index is 1.53. The van der Waals surface area contributed by atoms with E-state index in [2.05, 4.69) is 4.98 Å². The molecule has 4 heterocycles. The molecule has 7 nitrogen and oxygen atoms in total. The summed E-state index contributed by atoms with van der Waals surface area (Å²) in [5, 5.41) is 0.268. The number of halogens is 2. The van der Waals surface area contributed by atoms with Crippen molar-refractivity contribution in [3.63, 3.8) is 0 Å². The molecule has 2 atom stereocenters. The molecule has 3 fully saturated rings. The molecule has 3 aliphatic rings. The van der Waals surface area contributed by atoms with E-state index >= 15 is 4.39 Å². The quantitative estimate of drug-likeness (QED) is 0.696. The van der Waals surface area contributed by atoms with Crippen LogP contribution in [0.1, 0.15) is 27.2 Å². The van der Waals surface area contributed by atoms with Gasteiger partial charge in [-0.3, -0.25) is 0 Å². The van der Waals surface area contributed by atoms with Crippen molar-refractivity contribution in [3.8, 4) is 0 Å². The summed E-state index contributed by atoms with van der Waals surface area (Å²) < 4.78 is 26.2. The Kier molecular flexibility index (Phi) is 5.03. The highest BCUT2D eigenvalue weighted by Gasteiger charge is 2.47. The SMILES string of the molecule is CC(C)(C)OC(=O)N1CC2CC1CN2c1cc(Cl)nc(N2CCOCC2)c1F. The van der Waals surface area contributed by atoms with Gasteiger partial charge in [-0.15, -0.1) is 0 Å². The van der Waals surface area contributed by atoms with E-state index in [1.165, 1.54) is 0 Å². The summed E-state index contributed by atoms with van der Waals surface area (Å²) in [7, 11) is 0. The van der Waals surface area contributed by atoms with Crippen molar-refractivity contribution in [2.24, 2.45) is 0 Å². The summed E-state index contributed by atoms with van der Waals surface area (Å²) in [6, 6.07) is 1.64. The van der Waals surface area contributed by atoms with Gasteiger partial charge in [-0.1, -0.05) is 11.6 Å². The number of hydrogen-bond acceptors (Lipinski definition) is 6. The van der Waals surface area contributed by atoms with Crippen LogP contribution in [0.5, 0.6) is 0 Å². The van der Waals surface area contributed by atoms with Gasteiger partial charge in [0.1, 0.15) is 10.8 Å². The fourth-order valence-electron chi connectivity index (χ4n) is 4.17. The van der Waals surface area contributed by atoms with Crippen LogP contribution in [0, 0.1) is 5.82 Å². The number of carbonyl (C=O) groups is 1. The monoisotopic (exact) mass is 412 g/mol. The van der Waals surface area contributed by atoms with E-state index in [-0.39, 0.29) is 35.0 Å². The van der Waals surface area contributed by atoms with E-state index in [1.54, 1.807) is 11.0 Å². The Bertz CT molecular complexity index is 766. The van der Waals surface area contributed by atoms with Gasteiger partial charge in [-0.05, 0) is 27.2 Å². The lowest BCUT2D eigenvalue weighted by Gasteiger charge is -2.37. The number of rotatable bonds is 2. The van der Waals surface area contributed by atoms with Crippen LogP contribution in [0.4, 0.5) is 20.7 Å². The Labute approximate surface area is 169 Å². The minimum Gasteiger partial charge on any atom is -0.444 e. The molecule has 0 aromatic carbocycles. The van der Waals surface area contributed by atoms with Crippen molar-refractivity contribution in [2.45, 2.75) is 44.9 Å². The van der Waals surface area contributed by atoms with Gasteiger partial charge in [0, 0.05) is 38.3 Å². The van der Waals surface area contributed by atoms with Crippen molar-refractivity contribution < 1.29 is 18.7 Å². The van der Waals surface area contributed by atoms with Crippen LogP contribution in [0.2, 0.25) is 5.15 Å². The summed E-state index contributed by atoms with van der Waals surface area (Å²) in [4.78, 5) is 22.3. The first-order valence-corrected chi connectivity index (χ1v) is 10.1. The minimum atomic E-state index is -0.531. The number of morpholine rings is 1. The summed E-state index contributed by atoms with van der Waals surface area (Å²) in [5.74, 6) is -0.0831. The molecule has 3 aliphatic heterocycles. The van der Waals surface area contributed by atoms with Gasteiger partial charge in [0.2, 0.25) is 0 Å². The third kappa shape index (κ3) is 3.72. The number of likely N-dealkylation sites (tertiary alicyclic amines) is 1. The molecule has 4 rings (SSSR count). The largest absolute Gasteiger partial charge is 0.444 e. The van der Waals surface area contributed by atoms with Crippen molar-refractivity contribution in [3.05, 3.63) is 17.0 Å². The zero-order valence-corrected chi connectivity index (χ0v) is 17.2. The third-order valence-electron chi connectivity index (χ3n) is 5.38. The van der Waals surface area contributed by atoms with Gasteiger partial charge in [0.05, 0.1) is 24.9 Å². The number of anilines is 2. The maximum atomic E-state index is 15.3. The van der Waals surface area contributed by atoms with Crippen LogP contribution < -0.4 is 9.80 Å². The third-order valence-corrected chi connectivity index (χ3v) is 5.57. The molecule has 0 N–H and O–H groups in total. The number of hydrogen-bond donors (Lipinski definition) is 0. The summed E-state index contributed by atoms with van der Waals surface area (Å²) in [6.07, 6.45) is 0.493. The van der Waals surface area contributed by atoms with Gasteiger partial charge >= 0.3 is 6.09 Å². The van der Waals surface area contributed by atoms with Crippen molar-refractivity contribution in [2.75, 3.05) is 49.2 Å². The molecule has 0 saturated carbocycles. The van der Waals surface area contributed by atoms with E-state index in [0.29, 0.717) is 45.1 Å². The lowest BCUT2D eigenvalue weighted by Crippen LogP contribution is -2.50. The first kappa shape index (κ1) is 19.5. The number of piperazine rings is 1. The number of pyridine rings is 1. The van der Waals surface area contributed by atoms with Gasteiger partial charge in [0.25, 0.3) is 0 Å². The van der Waals surface area contributed by atoms with Crippen molar-refractivity contribution in [1.82, 2.24) is 9.88 Å². The Morgan fingerprint density at radius 2 is 2.00 bits per heavy atom. The van der Waals surface area contributed by atoms with E-state index < -0.39 is 5.60 Å². The van der Waals surface area contributed by atoms with E-state index in [0.717, 1.165) is 6.42 Å². The predicted octanol–water partition coefficient (Wildman–Crippen LogP) is 2.91. The van der Waals surface area contributed by atoms with Crippen LogP contribution in [-0.2, 0) is 9.47 Å². The van der Waals surface area contributed by atoms with E-state index in [9.17, 15) is 4.79 Å². The van der Waals surface area contributed by atoms with Crippen LogP contribution in [0.3, 0.4) is 0 Å². The average Bonchev–Trinajstić information content (AvgIpc) is 3.23. The highest BCUT2D eigenvalue weighted by atomic mass is 35.5. The first-order chi connectivity index (χ1) is 13.2. The summed E-state index contributed by atoms with van der Waals surface area (Å²) in [5.41, 5.74) is -0.0750. The van der Waals surface area contributed by atoms with Gasteiger partial charge < -0.3 is 24.2 Å². The molecule has 28 heavy (non-hydrogen) atoms.